The molecule has 0 bridgehead atoms. The fourth-order valence-electron chi connectivity index (χ4n) is 1.96. The van der Waals surface area contributed by atoms with Crippen molar-refractivity contribution in [1.29, 1.82) is 0 Å². The van der Waals surface area contributed by atoms with E-state index in [2.05, 4.69) is 55.3 Å². The monoisotopic (exact) mass is 284 g/mol. The number of aryl methyl sites for hydroxylation is 1. The second-order valence-corrected chi connectivity index (χ2v) is 6.24. The molecule has 0 unspecified atom stereocenters. The van der Waals surface area contributed by atoms with Crippen LogP contribution in [0.1, 0.15) is 37.6 Å². The van der Waals surface area contributed by atoms with Crippen molar-refractivity contribution in [1.82, 2.24) is 4.98 Å². The van der Waals surface area contributed by atoms with Crippen LogP contribution in [-0.2, 0) is 17.9 Å². The molecule has 0 radical (unpaired) electrons. The van der Waals surface area contributed by atoms with Gasteiger partial charge in [-0.15, -0.1) is 0 Å². The molecule has 1 aromatic carbocycles. The highest BCUT2D eigenvalue weighted by molar-refractivity contribution is 5.36. The van der Waals surface area contributed by atoms with E-state index >= 15 is 0 Å². The lowest BCUT2D eigenvalue weighted by molar-refractivity contribution is -0.0149. The molecule has 112 valence electrons. The largest absolute Gasteiger partial charge is 0.371 e. The minimum Gasteiger partial charge on any atom is -0.371 e. The maximum Gasteiger partial charge on any atom is 0.126 e. The van der Waals surface area contributed by atoms with E-state index in [0.29, 0.717) is 6.61 Å². The average Bonchev–Trinajstić information content (AvgIpc) is 2.43. The van der Waals surface area contributed by atoms with Crippen molar-refractivity contribution < 1.29 is 4.74 Å². The first-order valence-electron chi connectivity index (χ1n) is 7.32. The molecule has 3 heteroatoms. The summed E-state index contributed by atoms with van der Waals surface area (Å²) >= 11 is 0. The van der Waals surface area contributed by atoms with Gasteiger partial charge in [-0.05, 0) is 51.0 Å². The second kappa shape index (κ2) is 6.72. The third kappa shape index (κ3) is 5.56. The van der Waals surface area contributed by atoms with E-state index in [1.54, 1.807) is 0 Å². The highest BCUT2D eigenvalue weighted by Gasteiger charge is 2.10. The molecule has 1 N–H and O–H groups in total. The van der Waals surface area contributed by atoms with Crippen LogP contribution in [0.2, 0.25) is 0 Å². The molecule has 2 rings (SSSR count). The van der Waals surface area contributed by atoms with E-state index < -0.39 is 0 Å². The van der Waals surface area contributed by atoms with Crippen LogP contribution in [0.15, 0.2) is 42.5 Å². The summed E-state index contributed by atoms with van der Waals surface area (Å²) in [4.78, 5) is 4.44. The first-order chi connectivity index (χ1) is 9.92. The number of ether oxygens (including phenoxy) is 1. The Hall–Kier alpha value is -1.87. The summed E-state index contributed by atoms with van der Waals surface area (Å²) < 4.78 is 5.82. The van der Waals surface area contributed by atoms with Crippen LogP contribution >= 0.6 is 0 Å². The zero-order valence-electron chi connectivity index (χ0n) is 13.3. The van der Waals surface area contributed by atoms with Gasteiger partial charge in [0.25, 0.3) is 0 Å². The van der Waals surface area contributed by atoms with Crippen LogP contribution in [0.25, 0.3) is 0 Å². The van der Waals surface area contributed by atoms with Gasteiger partial charge in [0.15, 0.2) is 0 Å². The standard InChI is InChI=1S/C18H24N2O/c1-14-7-5-10-17(20-14)19-12-15-8-6-9-16(11-15)13-21-18(2,3)4/h5-11H,12-13H2,1-4H3,(H,19,20). The van der Waals surface area contributed by atoms with Crippen molar-refractivity contribution in [2.45, 2.75) is 46.4 Å². The molecular formula is C18H24N2O. The molecule has 0 atom stereocenters. The normalized spacial score (nSPS) is 11.4. The number of hydrogen-bond donors (Lipinski definition) is 1. The number of benzene rings is 1. The van der Waals surface area contributed by atoms with Gasteiger partial charge in [0.2, 0.25) is 0 Å². The van der Waals surface area contributed by atoms with Gasteiger partial charge in [-0.3, -0.25) is 0 Å². The van der Waals surface area contributed by atoms with Crippen molar-refractivity contribution in [3.8, 4) is 0 Å². The van der Waals surface area contributed by atoms with Crippen LogP contribution in [0.5, 0.6) is 0 Å². The topological polar surface area (TPSA) is 34.1 Å². The molecule has 0 aliphatic rings. The van der Waals surface area contributed by atoms with Gasteiger partial charge in [-0.1, -0.05) is 30.3 Å². The van der Waals surface area contributed by atoms with Crippen molar-refractivity contribution in [3.05, 3.63) is 59.3 Å². The molecule has 0 aliphatic carbocycles. The molecule has 1 heterocycles. The first-order valence-corrected chi connectivity index (χ1v) is 7.32. The average molecular weight is 284 g/mol. The summed E-state index contributed by atoms with van der Waals surface area (Å²) in [6.45, 7) is 9.61. The number of anilines is 1. The Morgan fingerprint density at radius 3 is 2.48 bits per heavy atom. The molecule has 0 saturated heterocycles. The summed E-state index contributed by atoms with van der Waals surface area (Å²) in [7, 11) is 0. The molecule has 21 heavy (non-hydrogen) atoms. The lowest BCUT2D eigenvalue weighted by Crippen LogP contribution is -2.18. The van der Waals surface area contributed by atoms with Crippen molar-refractivity contribution in [3.63, 3.8) is 0 Å². The Kier molecular flexibility index (Phi) is 4.97. The maximum absolute atomic E-state index is 5.82. The number of aromatic nitrogens is 1. The van der Waals surface area contributed by atoms with Crippen LogP contribution in [0.4, 0.5) is 5.82 Å². The van der Waals surface area contributed by atoms with E-state index in [9.17, 15) is 0 Å². The van der Waals surface area contributed by atoms with E-state index in [4.69, 9.17) is 4.74 Å². The first kappa shape index (κ1) is 15.5. The zero-order chi connectivity index (χ0) is 15.3. The van der Waals surface area contributed by atoms with Crippen molar-refractivity contribution >= 4 is 5.82 Å². The molecule has 0 aliphatic heterocycles. The molecule has 0 spiro atoms. The fourth-order valence-corrected chi connectivity index (χ4v) is 1.96. The van der Waals surface area contributed by atoms with Crippen LogP contribution in [0, 0.1) is 6.92 Å². The SMILES string of the molecule is Cc1cccc(NCc2cccc(COC(C)(C)C)c2)n1. The third-order valence-electron chi connectivity index (χ3n) is 3.03. The van der Waals surface area contributed by atoms with Crippen LogP contribution < -0.4 is 5.32 Å². The third-order valence-corrected chi connectivity index (χ3v) is 3.03. The van der Waals surface area contributed by atoms with Gasteiger partial charge >= 0.3 is 0 Å². The number of rotatable bonds is 5. The Balaban J connectivity index is 1.95. The summed E-state index contributed by atoms with van der Waals surface area (Å²) in [6.07, 6.45) is 0. The van der Waals surface area contributed by atoms with Gasteiger partial charge < -0.3 is 10.1 Å². The van der Waals surface area contributed by atoms with Crippen molar-refractivity contribution in [2.24, 2.45) is 0 Å². The number of hydrogen-bond acceptors (Lipinski definition) is 3. The van der Waals surface area contributed by atoms with Crippen LogP contribution in [0.3, 0.4) is 0 Å². The van der Waals surface area contributed by atoms with Gasteiger partial charge in [-0.2, -0.15) is 0 Å². The summed E-state index contributed by atoms with van der Waals surface area (Å²) in [5.41, 5.74) is 3.33. The Labute approximate surface area is 127 Å². The molecule has 0 amide bonds. The quantitative estimate of drug-likeness (QED) is 0.888. The Morgan fingerprint density at radius 2 is 1.76 bits per heavy atom. The number of pyridine rings is 1. The molecule has 1 aromatic heterocycles. The molecule has 0 saturated carbocycles. The van der Waals surface area contributed by atoms with Gasteiger partial charge in [-0.25, -0.2) is 4.98 Å². The van der Waals surface area contributed by atoms with E-state index in [1.807, 2.05) is 25.1 Å². The minimum atomic E-state index is -0.111. The highest BCUT2D eigenvalue weighted by Crippen LogP contribution is 2.14. The lowest BCUT2D eigenvalue weighted by Gasteiger charge is -2.19. The van der Waals surface area contributed by atoms with Gasteiger partial charge in [0.1, 0.15) is 5.82 Å². The predicted molar refractivity (Wildman–Crippen MR) is 87.3 cm³/mol. The van der Waals surface area contributed by atoms with Crippen LogP contribution in [-0.4, -0.2) is 10.6 Å². The Morgan fingerprint density at radius 1 is 1.05 bits per heavy atom. The molecule has 0 fully saturated rings. The second-order valence-electron chi connectivity index (χ2n) is 6.24. The molecule has 3 nitrogen and oxygen atoms in total. The summed E-state index contributed by atoms with van der Waals surface area (Å²) in [5.74, 6) is 0.909. The lowest BCUT2D eigenvalue weighted by atomic mass is 10.1. The van der Waals surface area contributed by atoms with Crippen molar-refractivity contribution in [2.75, 3.05) is 5.32 Å². The summed E-state index contributed by atoms with van der Waals surface area (Å²) in [5, 5.41) is 3.35. The maximum atomic E-state index is 5.82. The smallest absolute Gasteiger partial charge is 0.126 e. The Bertz CT molecular complexity index is 588. The fraction of sp³-hybridized carbons (Fsp3) is 0.389. The molecule has 2 aromatic rings. The molecular weight excluding hydrogens is 260 g/mol. The van der Waals surface area contributed by atoms with E-state index in [1.165, 1.54) is 11.1 Å². The highest BCUT2D eigenvalue weighted by atomic mass is 16.5. The van der Waals surface area contributed by atoms with E-state index in [0.717, 1.165) is 18.1 Å². The van der Waals surface area contributed by atoms with Gasteiger partial charge in [0, 0.05) is 12.2 Å². The zero-order valence-corrected chi connectivity index (χ0v) is 13.3. The predicted octanol–water partition coefficient (Wildman–Crippen LogP) is 4.32. The summed E-state index contributed by atoms with van der Waals surface area (Å²) in [6, 6.07) is 14.5. The number of nitrogens with zero attached hydrogens (tertiary/aromatic N) is 1. The number of nitrogens with one attached hydrogen (secondary N) is 1. The minimum absolute atomic E-state index is 0.111. The van der Waals surface area contributed by atoms with Gasteiger partial charge in [0.05, 0.1) is 12.2 Å². The van der Waals surface area contributed by atoms with E-state index in [-0.39, 0.29) is 5.60 Å².